The fourth-order valence-electron chi connectivity index (χ4n) is 2.38. The minimum Gasteiger partial charge on any atom is -0.468 e. The Bertz CT molecular complexity index is 460. The molecule has 0 radical (unpaired) electrons. The predicted octanol–water partition coefficient (Wildman–Crippen LogP) is 2.54. The lowest BCUT2D eigenvalue weighted by Crippen LogP contribution is -2.34. The summed E-state index contributed by atoms with van der Waals surface area (Å²) in [5.41, 5.74) is 5.93. The Labute approximate surface area is 106 Å². The molecule has 2 heterocycles. The second-order valence-corrected chi connectivity index (χ2v) is 4.75. The molecule has 0 spiro atoms. The van der Waals surface area contributed by atoms with Crippen LogP contribution < -0.4 is 5.73 Å². The van der Waals surface area contributed by atoms with Gasteiger partial charge in [-0.1, -0.05) is 0 Å². The minimum absolute atomic E-state index is 0.137. The number of hydrogen-bond donors (Lipinski definition) is 1. The Morgan fingerprint density at radius 1 is 1.22 bits per heavy atom. The van der Waals surface area contributed by atoms with E-state index in [1.165, 1.54) is 12.8 Å². The van der Waals surface area contributed by atoms with E-state index >= 15 is 0 Å². The molecule has 0 bridgehead atoms. The van der Waals surface area contributed by atoms with Gasteiger partial charge >= 0.3 is 0 Å². The van der Waals surface area contributed by atoms with Crippen LogP contribution in [0.25, 0.3) is 0 Å². The predicted molar refractivity (Wildman–Crippen MR) is 67.8 cm³/mol. The summed E-state index contributed by atoms with van der Waals surface area (Å²) in [5, 5.41) is 0. The van der Waals surface area contributed by atoms with E-state index in [4.69, 9.17) is 14.6 Å². The van der Waals surface area contributed by atoms with Gasteiger partial charge in [0.15, 0.2) is 0 Å². The van der Waals surface area contributed by atoms with Gasteiger partial charge in [0.05, 0.1) is 25.1 Å². The SMILES string of the molecule is NCC(c1ccco1)N(Cc1ccco1)C1CC1. The maximum absolute atomic E-state index is 5.93. The van der Waals surface area contributed by atoms with Crippen molar-refractivity contribution in [2.45, 2.75) is 31.5 Å². The van der Waals surface area contributed by atoms with E-state index in [0.717, 1.165) is 18.1 Å². The molecule has 1 fully saturated rings. The smallest absolute Gasteiger partial charge is 0.122 e. The molecule has 0 aromatic carbocycles. The van der Waals surface area contributed by atoms with E-state index in [1.807, 2.05) is 24.3 Å². The third kappa shape index (κ3) is 2.35. The van der Waals surface area contributed by atoms with E-state index < -0.39 is 0 Å². The average Bonchev–Trinajstić information content (AvgIpc) is 2.89. The van der Waals surface area contributed by atoms with Gasteiger partial charge in [0.25, 0.3) is 0 Å². The monoisotopic (exact) mass is 246 g/mol. The van der Waals surface area contributed by atoms with E-state index in [-0.39, 0.29) is 6.04 Å². The molecule has 0 aliphatic heterocycles. The van der Waals surface area contributed by atoms with Crippen LogP contribution in [0.3, 0.4) is 0 Å². The Morgan fingerprint density at radius 2 is 2.00 bits per heavy atom. The third-order valence-electron chi connectivity index (χ3n) is 3.43. The minimum atomic E-state index is 0.137. The molecule has 4 heteroatoms. The first-order valence-corrected chi connectivity index (χ1v) is 6.40. The fourth-order valence-corrected chi connectivity index (χ4v) is 2.38. The van der Waals surface area contributed by atoms with Crippen molar-refractivity contribution >= 4 is 0 Å². The molecule has 2 aromatic heterocycles. The Hall–Kier alpha value is -1.52. The number of hydrogen-bond acceptors (Lipinski definition) is 4. The highest BCUT2D eigenvalue weighted by Crippen LogP contribution is 2.35. The molecule has 18 heavy (non-hydrogen) atoms. The number of nitrogens with zero attached hydrogens (tertiary/aromatic N) is 1. The maximum atomic E-state index is 5.93. The standard InChI is InChI=1S/C14H18N2O2/c15-9-13(14-4-2-8-18-14)16(11-5-6-11)10-12-3-1-7-17-12/h1-4,7-8,11,13H,5-6,9-10,15H2. The van der Waals surface area contributed by atoms with E-state index in [1.54, 1.807) is 12.5 Å². The molecule has 3 rings (SSSR count). The molecular weight excluding hydrogens is 228 g/mol. The van der Waals surface area contributed by atoms with Gasteiger partial charge in [-0.3, -0.25) is 4.90 Å². The van der Waals surface area contributed by atoms with Gasteiger partial charge in [0, 0.05) is 12.6 Å². The summed E-state index contributed by atoms with van der Waals surface area (Å²) >= 11 is 0. The van der Waals surface area contributed by atoms with E-state index in [9.17, 15) is 0 Å². The Morgan fingerprint density at radius 3 is 2.56 bits per heavy atom. The first-order valence-electron chi connectivity index (χ1n) is 6.40. The summed E-state index contributed by atoms with van der Waals surface area (Å²) in [7, 11) is 0. The summed E-state index contributed by atoms with van der Waals surface area (Å²) in [6.07, 6.45) is 5.89. The first-order chi connectivity index (χ1) is 8.88. The lowest BCUT2D eigenvalue weighted by molar-refractivity contribution is 0.149. The summed E-state index contributed by atoms with van der Waals surface area (Å²) < 4.78 is 11.0. The highest BCUT2D eigenvalue weighted by molar-refractivity contribution is 5.09. The number of rotatable bonds is 6. The average molecular weight is 246 g/mol. The zero-order valence-electron chi connectivity index (χ0n) is 10.3. The zero-order valence-corrected chi connectivity index (χ0v) is 10.3. The lowest BCUT2D eigenvalue weighted by atomic mass is 10.1. The van der Waals surface area contributed by atoms with Crippen LogP contribution in [-0.4, -0.2) is 17.5 Å². The number of nitrogens with two attached hydrogens (primary N) is 1. The third-order valence-corrected chi connectivity index (χ3v) is 3.43. The van der Waals surface area contributed by atoms with Crippen molar-refractivity contribution < 1.29 is 8.83 Å². The maximum Gasteiger partial charge on any atom is 0.122 e. The van der Waals surface area contributed by atoms with Crippen LogP contribution in [0.4, 0.5) is 0 Å². The topological polar surface area (TPSA) is 55.5 Å². The molecule has 0 amide bonds. The van der Waals surface area contributed by atoms with Crippen molar-refractivity contribution in [3.63, 3.8) is 0 Å². The highest BCUT2D eigenvalue weighted by atomic mass is 16.3. The molecule has 2 aromatic rings. The Balaban J connectivity index is 1.79. The highest BCUT2D eigenvalue weighted by Gasteiger charge is 2.35. The van der Waals surface area contributed by atoms with Crippen molar-refractivity contribution in [2.75, 3.05) is 6.54 Å². The molecule has 2 N–H and O–H groups in total. The van der Waals surface area contributed by atoms with Gasteiger partial charge in [-0.05, 0) is 37.1 Å². The largest absolute Gasteiger partial charge is 0.468 e. The summed E-state index contributed by atoms with van der Waals surface area (Å²) in [6, 6.07) is 8.58. The normalized spacial score (nSPS) is 17.2. The molecule has 1 saturated carbocycles. The molecule has 1 aliphatic carbocycles. The Kier molecular flexibility index (Phi) is 3.21. The van der Waals surface area contributed by atoms with E-state index in [0.29, 0.717) is 12.6 Å². The quantitative estimate of drug-likeness (QED) is 0.851. The van der Waals surface area contributed by atoms with Gasteiger partial charge in [-0.15, -0.1) is 0 Å². The molecule has 4 nitrogen and oxygen atoms in total. The van der Waals surface area contributed by atoms with Crippen LogP contribution in [0.2, 0.25) is 0 Å². The van der Waals surface area contributed by atoms with Crippen molar-refractivity contribution in [1.82, 2.24) is 4.90 Å². The van der Waals surface area contributed by atoms with Gasteiger partial charge < -0.3 is 14.6 Å². The van der Waals surface area contributed by atoms with Crippen molar-refractivity contribution in [1.29, 1.82) is 0 Å². The van der Waals surface area contributed by atoms with Crippen LogP contribution in [0, 0.1) is 0 Å². The van der Waals surface area contributed by atoms with Gasteiger partial charge in [-0.25, -0.2) is 0 Å². The van der Waals surface area contributed by atoms with Crippen molar-refractivity contribution in [3.05, 3.63) is 48.3 Å². The van der Waals surface area contributed by atoms with Crippen molar-refractivity contribution in [2.24, 2.45) is 5.73 Å². The molecule has 1 atom stereocenters. The van der Waals surface area contributed by atoms with Crippen LogP contribution in [0.1, 0.15) is 30.4 Å². The molecule has 0 saturated heterocycles. The summed E-state index contributed by atoms with van der Waals surface area (Å²) in [5.74, 6) is 1.92. The second kappa shape index (κ2) is 5.00. The van der Waals surface area contributed by atoms with Gasteiger partial charge in [0.1, 0.15) is 11.5 Å². The van der Waals surface area contributed by atoms with Crippen LogP contribution in [-0.2, 0) is 6.54 Å². The van der Waals surface area contributed by atoms with Crippen LogP contribution in [0.5, 0.6) is 0 Å². The number of furan rings is 2. The van der Waals surface area contributed by atoms with Crippen LogP contribution >= 0.6 is 0 Å². The van der Waals surface area contributed by atoms with Crippen LogP contribution in [0.15, 0.2) is 45.6 Å². The molecule has 1 unspecified atom stereocenters. The lowest BCUT2D eigenvalue weighted by Gasteiger charge is -2.28. The van der Waals surface area contributed by atoms with Gasteiger partial charge in [0.2, 0.25) is 0 Å². The summed E-state index contributed by atoms with van der Waals surface area (Å²) in [6.45, 7) is 1.35. The first kappa shape index (κ1) is 11.6. The van der Waals surface area contributed by atoms with Gasteiger partial charge in [-0.2, -0.15) is 0 Å². The van der Waals surface area contributed by atoms with Crippen molar-refractivity contribution in [3.8, 4) is 0 Å². The molecule has 96 valence electrons. The van der Waals surface area contributed by atoms with E-state index in [2.05, 4.69) is 4.90 Å². The fraction of sp³-hybridized carbons (Fsp3) is 0.429. The molecule has 1 aliphatic rings. The zero-order chi connectivity index (χ0) is 12.4. The molecular formula is C14H18N2O2. The second-order valence-electron chi connectivity index (χ2n) is 4.75. The summed E-state index contributed by atoms with van der Waals surface area (Å²) in [4.78, 5) is 2.39.